The molecule has 0 aromatic heterocycles. The van der Waals surface area contributed by atoms with Gasteiger partial charge in [-0.1, -0.05) is 15.9 Å². The molecule has 0 spiro atoms. The average molecular weight is 343 g/mol. The summed E-state index contributed by atoms with van der Waals surface area (Å²) in [7, 11) is -3.68. The van der Waals surface area contributed by atoms with Crippen LogP contribution in [0.2, 0.25) is 0 Å². The third-order valence-electron chi connectivity index (χ3n) is 1.43. The number of halogens is 4. The molecule has 0 radical (unpaired) electrons. The predicted molar refractivity (Wildman–Crippen MR) is 55.9 cm³/mol. The fourth-order valence-electron chi connectivity index (χ4n) is 0.790. The van der Waals surface area contributed by atoms with Gasteiger partial charge in [0.05, 0.1) is 7.11 Å². The van der Waals surface area contributed by atoms with E-state index >= 15 is 0 Å². The van der Waals surface area contributed by atoms with Gasteiger partial charge in [0, 0.05) is 11.9 Å². The molecule has 0 aliphatic rings. The summed E-state index contributed by atoms with van der Waals surface area (Å²) in [5.41, 5.74) is 0. The van der Waals surface area contributed by atoms with Crippen LogP contribution in [0.3, 0.4) is 0 Å². The summed E-state index contributed by atoms with van der Waals surface area (Å²) in [6.07, 6.45) is -6.06. The van der Waals surface area contributed by atoms with E-state index < -0.39 is 35.6 Å². The quantitative estimate of drug-likeness (QED) is 0.751. The normalized spacial score (nSPS) is 12.6. The molecular formula is C6H10BrF3N2O4S. The van der Waals surface area contributed by atoms with E-state index in [1.54, 1.807) is 0 Å². The van der Waals surface area contributed by atoms with Gasteiger partial charge < -0.3 is 4.74 Å². The summed E-state index contributed by atoms with van der Waals surface area (Å²) in [4.78, 5) is 10.7. The molecule has 0 saturated heterocycles. The van der Waals surface area contributed by atoms with Crippen molar-refractivity contribution < 1.29 is 31.1 Å². The van der Waals surface area contributed by atoms with E-state index in [0.29, 0.717) is 0 Å². The zero-order valence-corrected chi connectivity index (χ0v) is 11.0. The third kappa shape index (κ3) is 6.68. The van der Waals surface area contributed by atoms with Crippen LogP contribution in [0.25, 0.3) is 0 Å². The van der Waals surface area contributed by atoms with Crippen LogP contribution >= 0.6 is 15.9 Å². The first-order valence-corrected chi connectivity index (χ1v) is 6.67. The van der Waals surface area contributed by atoms with E-state index in [1.807, 2.05) is 0 Å². The molecule has 0 aromatic rings. The van der Waals surface area contributed by atoms with E-state index in [4.69, 9.17) is 0 Å². The van der Waals surface area contributed by atoms with Gasteiger partial charge in [-0.3, -0.25) is 0 Å². The van der Waals surface area contributed by atoms with Crippen LogP contribution in [0.5, 0.6) is 0 Å². The Morgan fingerprint density at radius 2 is 2.00 bits per heavy atom. The number of ether oxygens (including phenoxy) is 1. The molecule has 11 heteroatoms. The molecule has 102 valence electrons. The van der Waals surface area contributed by atoms with E-state index in [2.05, 4.69) is 20.7 Å². The first-order chi connectivity index (χ1) is 7.62. The zero-order chi connectivity index (χ0) is 13.7. The number of methoxy groups -OCH3 is 1. The Morgan fingerprint density at radius 3 is 2.35 bits per heavy atom. The summed E-state index contributed by atoms with van der Waals surface area (Å²) < 4.78 is 64.5. The minimum absolute atomic E-state index is 0.00877. The molecule has 6 nitrogen and oxygen atoms in total. The maximum atomic E-state index is 12.1. The van der Waals surface area contributed by atoms with Gasteiger partial charge in [-0.25, -0.2) is 9.52 Å². The zero-order valence-electron chi connectivity index (χ0n) is 8.62. The second-order valence-corrected chi connectivity index (χ2v) is 5.20. The number of amides is 1. The first kappa shape index (κ1) is 16.4. The van der Waals surface area contributed by atoms with E-state index in [9.17, 15) is 26.4 Å². The lowest BCUT2D eigenvalue weighted by Gasteiger charge is -2.22. The van der Waals surface area contributed by atoms with Crippen molar-refractivity contribution in [3.8, 4) is 0 Å². The molecular weight excluding hydrogens is 333 g/mol. The van der Waals surface area contributed by atoms with Crippen LogP contribution in [0.1, 0.15) is 0 Å². The van der Waals surface area contributed by atoms with E-state index in [1.165, 1.54) is 4.72 Å². The van der Waals surface area contributed by atoms with Crippen molar-refractivity contribution in [3.63, 3.8) is 0 Å². The van der Waals surface area contributed by atoms with Gasteiger partial charge in [0.2, 0.25) is 0 Å². The highest BCUT2D eigenvalue weighted by Gasteiger charge is 2.36. The average Bonchev–Trinajstić information content (AvgIpc) is 2.14. The van der Waals surface area contributed by atoms with Crippen molar-refractivity contribution >= 4 is 32.2 Å². The summed E-state index contributed by atoms with van der Waals surface area (Å²) in [5, 5.41) is -0.00877. The molecule has 17 heavy (non-hydrogen) atoms. The Bertz CT molecular complexity index is 359. The maximum absolute atomic E-state index is 12.1. The van der Waals surface area contributed by atoms with E-state index in [0.717, 1.165) is 7.11 Å². The Morgan fingerprint density at radius 1 is 1.47 bits per heavy atom. The topological polar surface area (TPSA) is 75.7 Å². The van der Waals surface area contributed by atoms with Gasteiger partial charge in [0.25, 0.3) is 0 Å². The molecule has 1 amide bonds. The number of alkyl halides is 4. The van der Waals surface area contributed by atoms with E-state index in [-0.39, 0.29) is 9.64 Å². The highest BCUT2D eigenvalue weighted by Crippen LogP contribution is 2.18. The summed E-state index contributed by atoms with van der Waals surface area (Å²) in [6, 6.07) is 0. The molecule has 0 aliphatic carbocycles. The fraction of sp³-hybridized carbons (Fsp3) is 0.833. The van der Waals surface area contributed by atoms with Gasteiger partial charge in [-0.2, -0.15) is 25.9 Å². The smallest absolute Gasteiger partial charge is 0.421 e. The van der Waals surface area contributed by atoms with Gasteiger partial charge in [0.15, 0.2) is 0 Å². The van der Waals surface area contributed by atoms with Gasteiger partial charge >= 0.3 is 22.5 Å². The number of nitrogens with zero attached hydrogens (tertiary/aromatic N) is 1. The molecule has 0 aliphatic heterocycles. The monoisotopic (exact) mass is 342 g/mol. The van der Waals surface area contributed by atoms with Crippen molar-refractivity contribution in [2.24, 2.45) is 0 Å². The Kier molecular flexibility index (Phi) is 6.19. The molecule has 0 heterocycles. The Labute approximate surface area is 104 Å². The molecule has 0 atom stereocenters. The standard InChI is InChI=1S/C6H10BrF3N2O4S/c1-16-5(13)11-17(14,15)12(3-2-7)4-6(8,9)10/h2-4H2,1H3,(H,11,13). The van der Waals surface area contributed by atoms with Crippen LogP contribution < -0.4 is 4.72 Å². The number of nitrogens with one attached hydrogen (secondary N) is 1. The molecule has 1 N–H and O–H groups in total. The lowest BCUT2D eigenvalue weighted by Crippen LogP contribution is -2.47. The molecule has 0 unspecified atom stereocenters. The lowest BCUT2D eigenvalue weighted by molar-refractivity contribution is -0.135. The lowest BCUT2D eigenvalue weighted by atomic mass is 10.6. The van der Waals surface area contributed by atoms with Crippen LogP contribution in [0, 0.1) is 0 Å². The Hall–Kier alpha value is -0.550. The van der Waals surface area contributed by atoms with Crippen LogP contribution in [0.15, 0.2) is 0 Å². The molecule has 0 saturated carbocycles. The third-order valence-corrected chi connectivity index (χ3v) is 3.20. The number of carbonyl (C=O) groups excluding carboxylic acids is 1. The second kappa shape index (κ2) is 6.40. The van der Waals surface area contributed by atoms with Crippen molar-refractivity contribution in [1.82, 2.24) is 9.03 Å². The SMILES string of the molecule is COC(=O)NS(=O)(=O)N(CCBr)CC(F)(F)F. The van der Waals surface area contributed by atoms with Crippen LogP contribution in [-0.4, -0.2) is 50.5 Å². The highest BCUT2D eigenvalue weighted by molar-refractivity contribution is 9.09. The largest absolute Gasteiger partial charge is 0.452 e. The van der Waals surface area contributed by atoms with Crippen molar-refractivity contribution in [3.05, 3.63) is 0 Å². The number of rotatable bonds is 5. The van der Waals surface area contributed by atoms with Crippen LogP contribution in [-0.2, 0) is 14.9 Å². The molecule has 0 aromatic carbocycles. The maximum Gasteiger partial charge on any atom is 0.421 e. The Balaban J connectivity index is 4.85. The van der Waals surface area contributed by atoms with Gasteiger partial charge in [-0.15, -0.1) is 0 Å². The van der Waals surface area contributed by atoms with Crippen molar-refractivity contribution in [1.29, 1.82) is 0 Å². The van der Waals surface area contributed by atoms with Crippen LogP contribution in [0.4, 0.5) is 18.0 Å². The minimum Gasteiger partial charge on any atom is -0.452 e. The molecule has 0 rings (SSSR count). The summed E-state index contributed by atoms with van der Waals surface area (Å²) >= 11 is 2.82. The number of hydrogen-bond donors (Lipinski definition) is 1. The van der Waals surface area contributed by atoms with Crippen molar-refractivity contribution in [2.45, 2.75) is 6.18 Å². The second-order valence-electron chi connectivity index (χ2n) is 2.74. The fourth-order valence-corrected chi connectivity index (χ4v) is 2.52. The summed E-state index contributed by atoms with van der Waals surface area (Å²) in [5.74, 6) is 0. The van der Waals surface area contributed by atoms with Gasteiger partial charge in [0.1, 0.15) is 6.54 Å². The predicted octanol–water partition coefficient (Wildman–Crippen LogP) is 0.846. The molecule has 0 bridgehead atoms. The summed E-state index contributed by atoms with van der Waals surface area (Å²) in [6.45, 7) is -2.13. The number of hydrogen-bond acceptors (Lipinski definition) is 4. The molecule has 0 fully saturated rings. The minimum atomic E-state index is -4.70. The van der Waals surface area contributed by atoms with Gasteiger partial charge in [-0.05, 0) is 0 Å². The highest BCUT2D eigenvalue weighted by atomic mass is 79.9. The van der Waals surface area contributed by atoms with Crippen molar-refractivity contribution in [2.75, 3.05) is 25.5 Å². The number of carbonyl (C=O) groups is 1. The first-order valence-electron chi connectivity index (χ1n) is 4.11.